The Bertz CT molecular complexity index is 228. The number of hydrogen-bond acceptors (Lipinski definition) is 2. The average Bonchev–Trinajstić information content (AvgIpc) is 1.93. The monoisotopic (exact) mass is 220 g/mol. The highest BCUT2D eigenvalue weighted by molar-refractivity contribution is 7.57. The van der Waals surface area contributed by atoms with Crippen molar-refractivity contribution in [3.63, 3.8) is 0 Å². The zero-order valence-corrected chi connectivity index (χ0v) is 10.2. The van der Waals surface area contributed by atoms with Crippen LogP contribution in [0.3, 0.4) is 0 Å². The van der Waals surface area contributed by atoms with Crippen LogP contribution in [0.1, 0.15) is 40.0 Å². The van der Waals surface area contributed by atoms with E-state index in [2.05, 4.69) is 0 Å². The second-order valence-electron chi connectivity index (χ2n) is 5.21. The van der Waals surface area contributed by atoms with Crippen molar-refractivity contribution >= 4 is 7.37 Å². The van der Waals surface area contributed by atoms with E-state index in [0.717, 1.165) is 12.8 Å². The third-order valence-electron chi connectivity index (χ3n) is 2.47. The normalized spacial score (nSPS) is 22.9. The third-order valence-corrected chi connectivity index (χ3v) is 4.09. The molecule has 0 bridgehead atoms. The number of hydrogen-bond donors (Lipinski definition) is 1. The molecule has 1 N–H and O–H groups in total. The van der Waals surface area contributed by atoms with Gasteiger partial charge in [0.25, 0.3) is 0 Å². The molecule has 0 aromatic heterocycles. The maximum atomic E-state index is 11.7. The van der Waals surface area contributed by atoms with E-state index < -0.39 is 7.37 Å². The van der Waals surface area contributed by atoms with Crippen molar-refractivity contribution in [1.29, 1.82) is 0 Å². The molecule has 0 aromatic rings. The van der Waals surface area contributed by atoms with Gasteiger partial charge in [-0.05, 0) is 39.5 Å². The summed E-state index contributed by atoms with van der Waals surface area (Å²) in [6.07, 6.45) is 3.89. The first kappa shape index (κ1) is 12.2. The summed E-state index contributed by atoms with van der Waals surface area (Å²) >= 11 is 0. The minimum atomic E-state index is -3.03. The maximum Gasteiger partial charge on any atom is 0.225 e. The summed E-state index contributed by atoms with van der Waals surface area (Å²) in [5, 5.41) is 0. The minimum Gasteiger partial charge on any atom is -0.366 e. The van der Waals surface area contributed by atoms with Crippen molar-refractivity contribution in [3.8, 4) is 0 Å². The summed E-state index contributed by atoms with van der Waals surface area (Å²) in [6, 6.07) is 0. The molecule has 1 aliphatic rings. The number of rotatable bonds is 4. The Morgan fingerprint density at radius 3 is 2.36 bits per heavy atom. The van der Waals surface area contributed by atoms with Crippen molar-refractivity contribution in [1.82, 2.24) is 0 Å². The third kappa shape index (κ3) is 4.59. The SMILES string of the molecule is CC(C)(C)OCP(=O)(O)CC1CCC1. The number of ether oxygens (including phenoxy) is 1. The Labute approximate surface area is 86.3 Å². The van der Waals surface area contributed by atoms with Gasteiger partial charge in [0, 0.05) is 6.16 Å². The molecule has 0 radical (unpaired) electrons. The molecule has 0 amide bonds. The fourth-order valence-electron chi connectivity index (χ4n) is 1.43. The van der Waals surface area contributed by atoms with E-state index in [1.165, 1.54) is 6.42 Å². The molecule has 0 aliphatic heterocycles. The summed E-state index contributed by atoms with van der Waals surface area (Å²) in [5.41, 5.74) is -0.321. The van der Waals surface area contributed by atoms with Gasteiger partial charge in [-0.25, -0.2) is 0 Å². The lowest BCUT2D eigenvalue weighted by atomic mass is 9.87. The van der Waals surface area contributed by atoms with Crippen LogP contribution in [0.2, 0.25) is 0 Å². The molecule has 0 aromatic carbocycles. The van der Waals surface area contributed by atoms with Crippen molar-refractivity contribution in [2.75, 3.05) is 12.5 Å². The summed E-state index contributed by atoms with van der Waals surface area (Å²) < 4.78 is 17.0. The van der Waals surface area contributed by atoms with Gasteiger partial charge in [0.05, 0.1) is 5.60 Å². The van der Waals surface area contributed by atoms with E-state index in [9.17, 15) is 9.46 Å². The molecule has 84 valence electrons. The molecule has 14 heavy (non-hydrogen) atoms. The molecular weight excluding hydrogens is 199 g/mol. The zero-order valence-electron chi connectivity index (χ0n) is 9.32. The van der Waals surface area contributed by atoms with Crippen LogP contribution in [0.15, 0.2) is 0 Å². The van der Waals surface area contributed by atoms with Gasteiger partial charge < -0.3 is 9.63 Å². The molecule has 1 rings (SSSR count). The van der Waals surface area contributed by atoms with E-state index in [0.29, 0.717) is 12.1 Å². The Morgan fingerprint density at radius 2 is 2.00 bits per heavy atom. The van der Waals surface area contributed by atoms with Gasteiger partial charge in [0.2, 0.25) is 7.37 Å². The van der Waals surface area contributed by atoms with E-state index in [-0.39, 0.29) is 11.9 Å². The van der Waals surface area contributed by atoms with E-state index in [4.69, 9.17) is 4.74 Å². The van der Waals surface area contributed by atoms with Crippen LogP contribution in [-0.2, 0) is 9.30 Å². The zero-order chi connectivity index (χ0) is 10.8. The van der Waals surface area contributed by atoms with Crippen molar-refractivity contribution in [3.05, 3.63) is 0 Å². The topological polar surface area (TPSA) is 46.5 Å². The Morgan fingerprint density at radius 1 is 1.43 bits per heavy atom. The average molecular weight is 220 g/mol. The first-order valence-electron chi connectivity index (χ1n) is 5.23. The van der Waals surface area contributed by atoms with Crippen LogP contribution >= 0.6 is 7.37 Å². The molecular formula is C10H21O3P. The molecule has 1 atom stereocenters. The summed E-state index contributed by atoms with van der Waals surface area (Å²) in [4.78, 5) is 9.64. The summed E-state index contributed by atoms with van der Waals surface area (Å²) in [7, 11) is -3.03. The Kier molecular flexibility index (Phi) is 3.79. The molecule has 1 fully saturated rings. The van der Waals surface area contributed by atoms with Crippen molar-refractivity contribution in [2.24, 2.45) is 5.92 Å². The lowest BCUT2D eigenvalue weighted by Gasteiger charge is -2.28. The highest BCUT2D eigenvalue weighted by atomic mass is 31.2. The van der Waals surface area contributed by atoms with Gasteiger partial charge in [-0.3, -0.25) is 4.57 Å². The highest BCUT2D eigenvalue weighted by Crippen LogP contribution is 2.47. The van der Waals surface area contributed by atoms with Gasteiger partial charge in [-0.15, -0.1) is 0 Å². The van der Waals surface area contributed by atoms with Gasteiger partial charge in [0.15, 0.2) is 0 Å². The van der Waals surface area contributed by atoms with Crippen molar-refractivity contribution < 1.29 is 14.2 Å². The van der Waals surface area contributed by atoms with Crippen LogP contribution in [0.25, 0.3) is 0 Å². The minimum absolute atomic E-state index is 0.00694. The molecule has 0 saturated heterocycles. The summed E-state index contributed by atoms with van der Waals surface area (Å²) in [5.74, 6) is 0.467. The Hall–Kier alpha value is 0.150. The standard InChI is InChI=1S/C10H21O3P/c1-10(2,3)13-8-14(11,12)7-9-5-4-6-9/h9H,4-8H2,1-3H3,(H,11,12). The van der Waals surface area contributed by atoms with Crippen LogP contribution in [0.5, 0.6) is 0 Å². The summed E-state index contributed by atoms with van der Waals surface area (Å²) in [6.45, 7) is 5.70. The van der Waals surface area contributed by atoms with Crippen LogP contribution in [0, 0.1) is 5.92 Å². The predicted molar refractivity (Wildman–Crippen MR) is 57.7 cm³/mol. The molecule has 1 unspecified atom stereocenters. The fraction of sp³-hybridized carbons (Fsp3) is 1.00. The quantitative estimate of drug-likeness (QED) is 0.741. The van der Waals surface area contributed by atoms with Gasteiger partial charge in [-0.1, -0.05) is 6.42 Å². The van der Waals surface area contributed by atoms with Crippen LogP contribution in [0.4, 0.5) is 0 Å². The first-order chi connectivity index (χ1) is 6.29. The van der Waals surface area contributed by atoms with E-state index in [1.54, 1.807) is 0 Å². The molecule has 3 nitrogen and oxygen atoms in total. The van der Waals surface area contributed by atoms with Gasteiger partial charge in [-0.2, -0.15) is 0 Å². The van der Waals surface area contributed by atoms with Gasteiger partial charge >= 0.3 is 0 Å². The smallest absolute Gasteiger partial charge is 0.225 e. The fourth-order valence-corrected chi connectivity index (χ4v) is 3.29. The van der Waals surface area contributed by atoms with E-state index >= 15 is 0 Å². The van der Waals surface area contributed by atoms with Crippen molar-refractivity contribution in [2.45, 2.75) is 45.6 Å². The molecule has 1 saturated carbocycles. The highest BCUT2D eigenvalue weighted by Gasteiger charge is 2.29. The predicted octanol–water partition coefficient (Wildman–Crippen LogP) is 2.83. The second-order valence-corrected chi connectivity index (χ2v) is 7.53. The molecule has 0 heterocycles. The van der Waals surface area contributed by atoms with E-state index in [1.807, 2.05) is 20.8 Å². The van der Waals surface area contributed by atoms with Gasteiger partial charge in [0.1, 0.15) is 6.35 Å². The molecule has 1 aliphatic carbocycles. The maximum absolute atomic E-state index is 11.7. The lowest BCUT2D eigenvalue weighted by Crippen LogP contribution is -2.22. The molecule has 0 spiro atoms. The molecule has 4 heteroatoms. The largest absolute Gasteiger partial charge is 0.366 e. The second kappa shape index (κ2) is 4.34. The first-order valence-corrected chi connectivity index (χ1v) is 7.26. The van der Waals surface area contributed by atoms with Crippen LogP contribution in [-0.4, -0.2) is 23.0 Å². The Balaban J connectivity index is 2.29. The lowest BCUT2D eigenvalue weighted by molar-refractivity contribution is 0.0212. The van der Waals surface area contributed by atoms with Crippen LogP contribution < -0.4 is 0 Å².